The van der Waals surface area contributed by atoms with Crippen LogP contribution in [0.3, 0.4) is 0 Å². The van der Waals surface area contributed by atoms with Crippen LogP contribution in [-0.4, -0.2) is 54.8 Å². The van der Waals surface area contributed by atoms with Gasteiger partial charge in [0.05, 0.1) is 12.6 Å². The SMILES string of the molecule is [CH2-][N+]1([C@@H]2CCC[C@H]2OCc2ccccc2)CC(=O)OB(C2O[C@@]2(C)c2ccccc2)OC(=O)C1. The normalized spacial score (nSPS) is 30.8. The van der Waals surface area contributed by atoms with Crippen molar-refractivity contribution in [3.05, 3.63) is 78.8 Å². The van der Waals surface area contributed by atoms with Gasteiger partial charge in [0.1, 0.15) is 11.7 Å². The average molecular weight is 463 g/mol. The molecule has 2 aromatic carbocycles. The maximum Gasteiger partial charge on any atom is 0.633 e. The minimum Gasteiger partial charge on any atom is -0.493 e. The number of epoxide rings is 1. The molecule has 0 amide bonds. The molecule has 4 atom stereocenters. The molecule has 2 saturated heterocycles. The molecule has 178 valence electrons. The molecule has 0 aromatic heterocycles. The number of ether oxygens (including phenoxy) is 2. The van der Waals surface area contributed by atoms with E-state index in [9.17, 15) is 9.59 Å². The molecule has 34 heavy (non-hydrogen) atoms. The van der Waals surface area contributed by atoms with Crippen LogP contribution in [0.5, 0.6) is 0 Å². The molecule has 1 saturated carbocycles. The maximum absolute atomic E-state index is 12.9. The quantitative estimate of drug-likeness (QED) is 0.284. The van der Waals surface area contributed by atoms with Crippen molar-refractivity contribution in [1.29, 1.82) is 0 Å². The first-order chi connectivity index (χ1) is 16.4. The summed E-state index contributed by atoms with van der Waals surface area (Å²) in [6.07, 6.45) is 2.55. The van der Waals surface area contributed by atoms with Crippen molar-refractivity contribution >= 4 is 19.1 Å². The van der Waals surface area contributed by atoms with Crippen LogP contribution in [0.4, 0.5) is 0 Å². The van der Waals surface area contributed by atoms with E-state index in [-0.39, 0.29) is 29.7 Å². The zero-order valence-corrected chi connectivity index (χ0v) is 19.4. The van der Waals surface area contributed by atoms with Gasteiger partial charge in [0.2, 0.25) is 0 Å². The molecule has 0 spiro atoms. The molecule has 0 bridgehead atoms. The minimum absolute atomic E-state index is 0.0176. The molecule has 1 aliphatic carbocycles. The number of carbonyl (C=O) groups excluding carboxylic acids is 2. The second-order valence-electron chi connectivity index (χ2n) is 9.73. The maximum atomic E-state index is 12.9. The summed E-state index contributed by atoms with van der Waals surface area (Å²) < 4.78 is 23.3. The van der Waals surface area contributed by atoms with E-state index in [1.807, 2.05) is 67.6 Å². The monoisotopic (exact) mass is 463 g/mol. The Bertz CT molecular complexity index is 1010. The Kier molecular flexibility index (Phi) is 6.23. The van der Waals surface area contributed by atoms with Gasteiger partial charge in [0.15, 0.2) is 19.1 Å². The van der Waals surface area contributed by atoms with E-state index in [0.717, 1.165) is 30.4 Å². The van der Waals surface area contributed by atoms with Gasteiger partial charge in [-0.15, -0.1) is 7.05 Å². The van der Waals surface area contributed by atoms with E-state index in [2.05, 4.69) is 7.05 Å². The first kappa shape index (κ1) is 23.1. The Morgan fingerprint density at radius 2 is 1.62 bits per heavy atom. The smallest absolute Gasteiger partial charge is 0.493 e. The van der Waals surface area contributed by atoms with E-state index < -0.39 is 30.7 Å². The average Bonchev–Trinajstić information content (AvgIpc) is 3.28. The van der Waals surface area contributed by atoms with Gasteiger partial charge in [0, 0.05) is 0 Å². The number of hydrogen-bond donors (Lipinski definition) is 0. The Labute approximate surface area is 200 Å². The number of rotatable bonds is 6. The van der Waals surface area contributed by atoms with Crippen LogP contribution in [0.15, 0.2) is 60.7 Å². The molecule has 7 nitrogen and oxygen atoms in total. The van der Waals surface area contributed by atoms with Gasteiger partial charge in [-0.1, -0.05) is 60.7 Å². The Morgan fingerprint density at radius 3 is 2.26 bits per heavy atom. The zero-order chi connectivity index (χ0) is 23.8. The summed E-state index contributed by atoms with van der Waals surface area (Å²) >= 11 is 0. The molecule has 2 aliphatic heterocycles. The van der Waals surface area contributed by atoms with E-state index in [1.54, 1.807) is 0 Å². The van der Waals surface area contributed by atoms with Crippen LogP contribution < -0.4 is 0 Å². The van der Waals surface area contributed by atoms with Gasteiger partial charge in [-0.2, -0.15) is 0 Å². The molecule has 1 unspecified atom stereocenters. The molecule has 5 rings (SSSR count). The first-order valence-electron chi connectivity index (χ1n) is 11.9. The molecule has 0 N–H and O–H groups in total. The second-order valence-corrected chi connectivity index (χ2v) is 9.73. The fraction of sp³-hybridized carbons (Fsp3) is 0.423. The zero-order valence-electron chi connectivity index (χ0n) is 19.4. The third-order valence-electron chi connectivity index (χ3n) is 7.26. The first-order valence-corrected chi connectivity index (χ1v) is 11.9. The van der Waals surface area contributed by atoms with Crippen LogP contribution in [-0.2, 0) is 40.6 Å². The van der Waals surface area contributed by atoms with E-state index in [1.165, 1.54) is 0 Å². The number of benzene rings is 2. The van der Waals surface area contributed by atoms with Crippen LogP contribution in [0.1, 0.15) is 37.3 Å². The highest BCUT2D eigenvalue weighted by molar-refractivity contribution is 6.51. The van der Waals surface area contributed by atoms with Crippen molar-refractivity contribution in [2.24, 2.45) is 0 Å². The topological polar surface area (TPSA) is 74.4 Å². The van der Waals surface area contributed by atoms with Gasteiger partial charge < -0.3 is 23.3 Å². The summed E-state index contributed by atoms with van der Waals surface area (Å²) in [5.74, 6) is -0.903. The lowest BCUT2D eigenvalue weighted by Crippen LogP contribution is -2.61. The van der Waals surface area contributed by atoms with Crippen LogP contribution in [0, 0.1) is 7.05 Å². The second kappa shape index (κ2) is 9.17. The summed E-state index contributed by atoms with van der Waals surface area (Å²) in [5.41, 5.74) is 1.37. The highest BCUT2D eigenvalue weighted by atomic mass is 16.7. The van der Waals surface area contributed by atoms with Crippen LogP contribution in [0.2, 0.25) is 0 Å². The van der Waals surface area contributed by atoms with Crippen LogP contribution in [0.25, 0.3) is 0 Å². The van der Waals surface area contributed by atoms with E-state index in [4.69, 9.17) is 18.8 Å². The highest BCUT2D eigenvalue weighted by Crippen LogP contribution is 2.47. The third-order valence-corrected chi connectivity index (χ3v) is 7.26. The third kappa shape index (κ3) is 4.62. The molecular weight excluding hydrogens is 433 g/mol. The van der Waals surface area contributed by atoms with Crippen molar-refractivity contribution in [2.75, 3.05) is 13.1 Å². The number of nitrogens with zero attached hydrogens (tertiary/aromatic N) is 1. The lowest BCUT2D eigenvalue weighted by molar-refractivity contribution is -0.899. The van der Waals surface area contributed by atoms with Crippen molar-refractivity contribution in [3.8, 4) is 0 Å². The Balaban J connectivity index is 1.26. The molecule has 8 heteroatoms. The molecule has 2 aromatic rings. The number of hydrogen-bond acceptors (Lipinski definition) is 6. The van der Waals surface area contributed by atoms with E-state index in [0.29, 0.717) is 6.61 Å². The van der Waals surface area contributed by atoms with Gasteiger partial charge >= 0.3 is 19.1 Å². The summed E-state index contributed by atoms with van der Waals surface area (Å²) in [7, 11) is 3.23. The molecule has 3 aliphatic rings. The predicted octanol–water partition coefficient (Wildman–Crippen LogP) is 3.17. The van der Waals surface area contributed by atoms with Gasteiger partial charge in [0.25, 0.3) is 0 Å². The van der Waals surface area contributed by atoms with Gasteiger partial charge in [-0.05, 0) is 37.3 Å². The standard InChI is InChI=1S/C26H30BNO6/c1-26(20-12-7-4-8-13-20)25(32-26)27-33-23(29)16-28(2,17-24(30)34-27)21-14-9-15-22(21)31-18-19-10-5-3-6-11-19/h3-8,10-13,21-22,25H,2,9,14-18H2,1H3/t21-,22-,25?,26+/m1/s1. The minimum atomic E-state index is -1.08. The molecular formula is C26H30BNO6. The summed E-state index contributed by atoms with van der Waals surface area (Å²) in [6.45, 7) is 2.35. The summed E-state index contributed by atoms with van der Waals surface area (Å²) in [4.78, 5) is 25.9. The number of quaternary nitrogens is 1. The lowest BCUT2D eigenvalue weighted by atomic mass is 9.75. The molecule has 0 radical (unpaired) electrons. The van der Waals surface area contributed by atoms with Crippen molar-refractivity contribution in [3.63, 3.8) is 0 Å². The predicted molar refractivity (Wildman–Crippen MR) is 125 cm³/mol. The van der Waals surface area contributed by atoms with Crippen molar-refractivity contribution < 1.29 is 32.9 Å². The van der Waals surface area contributed by atoms with Crippen molar-refractivity contribution in [2.45, 2.75) is 56.5 Å². The van der Waals surface area contributed by atoms with E-state index >= 15 is 0 Å². The highest BCUT2D eigenvalue weighted by Gasteiger charge is 2.65. The largest absolute Gasteiger partial charge is 0.633 e. The fourth-order valence-electron chi connectivity index (χ4n) is 5.34. The van der Waals surface area contributed by atoms with Crippen LogP contribution >= 0.6 is 0 Å². The molecule has 2 heterocycles. The van der Waals surface area contributed by atoms with Gasteiger partial charge in [-0.25, -0.2) is 9.59 Å². The summed E-state index contributed by atoms with van der Waals surface area (Å²) in [5, 5.41) is 0. The Hall–Kier alpha value is -2.68. The number of carbonyl (C=O) groups is 2. The Morgan fingerprint density at radius 1 is 1.00 bits per heavy atom. The summed E-state index contributed by atoms with van der Waals surface area (Å²) in [6, 6.07) is 19.0. The fourth-order valence-corrected chi connectivity index (χ4v) is 5.34. The molecule has 3 fully saturated rings. The lowest BCUT2D eigenvalue weighted by Gasteiger charge is -2.48. The van der Waals surface area contributed by atoms with Crippen molar-refractivity contribution in [1.82, 2.24) is 0 Å². The van der Waals surface area contributed by atoms with Gasteiger partial charge in [-0.3, -0.25) is 0 Å².